The van der Waals surface area contributed by atoms with Crippen LogP contribution in [0.25, 0.3) is 97.8 Å². The van der Waals surface area contributed by atoms with Crippen molar-refractivity contribution < 1.29 is 4.42 Å². The zero-order valence-corrected chi connectivity index (χ0v) is 25.3. The van der Waals surface area contributed by atoms with Crippen LogP contribution in [0.5, 0.6) is 0 Å². The Bertz CT molecular complexity index is 2820. The van der Waals surface area contributed by atoms with E-state index in [-0.39, 0.29) is 0 Å². The third kappa shape index (κ3) is 3.82. The molecule has 5 heteroatoms. The SMILES string of the molecule is c1ccc(-c2nc(-c3ccc4c(ccc5ccccc54)c3)nc(-c3cc4c5ccccc5oc4c4c3sc3ccccc34)n2)cc1. The molecule has 0 spiro atoms. The normalized spacial score (nSPS) is 11.9. The van der Waals surface area contributed by atoms with E-state index >= 15 is 0 Å². The highest BCUT2D eigenvalue weighted by molar-refractivity contribution is 7.26. The second-order valence-corrected chi connectivity index (χ2v) is 12.6. The molecular formula is C41H23N3OS. The summed E-state index contributed by atoms with van der Waals surface area (Å²) in [5.41, 5.74) is 4.64. The minimum atomic E-state index is 0.644. The molecule has 0 aliphatic carbocycles. The van der Waals surface area contributed by atoms with Crippen LogP contribution < -0.4 is 0 Å². The first kappa shape index (κ1) is 25.4. The fourth-order valence-corrected chi connectivity index (χ4v) is 7.94. The lowest BCUT2D eigenvalue weighted by atomic mass is 10.00. The van der Waals surface area contributed by atoms with Crippen LogP contribution in [0.2, 0.25) is 0 Å². The quantitative estimate of drug-likeness (QED) is 0.188. The van der Waals surface area contributed by atoms with Crippen LogP contribution in [0.4, 0.5) is 0 Å². The monoisotopic (exact) mass is 605 g/mol. The topological polar surface area (TPSA) is 51.8 Å². The van der Waals surface area contributed by atoms with Crippen molar-refractivity contribution in [2.45, 2.75) is 0 Å². The van der Waals surface area contributed by atoms with Crippen LogP contribution in [-0.4, -0.2) is 15.0 Å². The average molecular weight is 606 g/mol. The Morgan fingerprint density at radius 3 is 2.02 bits per heavy atom. The molecule has 0 amide bonds. The van der Waals surface area contributed by atoms with Crippen molar-refractivity contribution in [2.75, 3.05) is 0 Å². The highest BCUT2D eigenvalue weighted by Gasteiger charge is 2.22. The zero-order chi connectivity index (χ0) is 30.2. The number of rotatable bonds is 3. The minimum absolute atomic E-state index is 0.644. The Labute approximate surface area is 267 Å². The second-order valence-electron chi connectivity index (χ2n) is 11.6. The number of nitrogens with zero attached hydrogens (tertiary/aromatic N) is 3. The lowest BCUT2D eigenvalue weighted by molar-refractivity contribution is 0.673. The largest absolute Gasteiger partial charge is 0.455 e. The lowest BCUT2D eigenvalue weighted by Gasteiger charge is -2.11. The molecule has 0 saturated heterocycles. The first-order valence-corrected chi connectivity index (χ1v) is 16.1. The van der Waals surface area contributed by atoms with Gasteiger partial charge in [-0.15, -0.1) is 11.3 Å². The summed E-state index contributed by atoms with van der Waals surface area (Å²) in [4.78, 5) is 15.4. The number of fused-ring (bicyclic) bond motifs is 10. The summed E-state index contributed by atoms with van der Waals surface area (Å²) in [6.45, 7) is 0. The molecule has 0 fully saturated rings. The first-order chi connectivity index (χ1) is 22.8. The van der Waals surface area contributed by atoms with E-state index in [2.05, 4.69) is 109 Å². The zero-order valence-electron chi connectivity index (χ0n) is 24.4. The Balaban J connectivity index is 1.28. The van der Waals surface area contributed by atoms with Gasteiger partial charge in [0.1, 0.15) is 11.2 Å². The Hall–Kier alpha value is -5.91. The van der Waals surface area contributed by atoms with Crippen LogP contribution in [0, 0.1) is 0 Å². The molecule has 0 radical (unpaired) electrons. The number of hydrogen-bond acceptors (Lipinski definition) is 5. The van der Waals surface area contributed by atoms with E-state index in [1.54, 1.807) is 11.3 Å². The molecular weight excluding hydrogens is 583 g/mol. The molecule has 0 unspecified atom stereocenters. The van der Waals surface area contributed by atoms with Crippen LogP contribution >= 0.6 is 11.3 Å². The van der Waals surface area contributed by atoms with E-state index in [0.29, 0.717) is 17.5 Å². The van der Waals surface area contributed by atoms with E-state index in [1.165, 1.54) is 26.2 Å². The van der Waals surface area contributed by atoms with E-state index in [0.717, 1.165) is 54.1 Å². The highest BCUT2D eigenvalue weighted by atomic mass is 32.1. The van der Waals surface area contributed by atoms with Gasteiger partial charge in [-0.3, -0.25) is 0 Å². The molecule has 3 aromatic heterocycles. The fraction of sp³-hybridized carbons (Fsp3) is 0. The Morgan fingerprint density at radius 2 is 1.13 bits per heavy atom. The van der Waals surface area contributed by atoms with E-state index < -0.39 is 0 Å². The number of furan rings is 1. The van der Waals surface area contributed by atoms with Crippen molar-refractivity contribution in [3.63, 3.8) is 0 Å². The lowest BCUT2D eigenvalue weighted by Crippen LogP contribution is -2.00. The van der Waals surface area contributed by atoms with Crippen molar-refractivity contribution in [3.8, 4) is 34.2 Å². The summed E-state index contributed by atoms with van der Waals surface area (Å²) in [5, 5.41) is 9.24. The Kier molecular flexibility index (Phi) is 5.41. The van der Waals surface area contributed by atoms with Gasteiger partial charge in [0.15, 0.2) is 17.5 Å². The van der Waals surface area contributed by atoms with Crippen molar-refractivity contribution in [1.29, 1.82) is 0 Å². The van der Waals surface area contributed by atoms with Crippen molar-refractivity contribution in [3.05, 3.63) is 140 Å². The molecule has 0 atom stereocenters. The van der Waals surface area contributed by atoms with Gasteiger partial charge in [-0.2, -0.15) is 0 Å². The molecule has 10 rings (SSSR count). The predicted octanol–water partition coefficient (Wildman–Crippen LogP) is 11.4. The maximum absolute atomic E-state index is 6.53. The summed E-state index contributed by atoms with van der Waals surface area (Å²) in [6.07, 6.45) is 0. The van der Waals surface area contributed by atoms with Gasteiger partial charge in [-0.1, -0.05) is 115 Å². The van der Waals surface area contributed by atoms with Crippen LogP contribution in [0.3, 0.4) is 0 Å². The molecule has 46 heavy (non-hydrogen) atoms. The molecule has 0 bridgehead atoms. The number of thiophene rings is 1. The average Bonchev–Trinajstić information content (AvgIpc) is 3.70. The van der Waals surface area contributed by atoms with Crippen molar-refractivity contribution >= 4 is 75.0 Å². The third-order valence-corrected chi connectivity index (χ3v) is 10.1. The molecule has 0 aliphatic heterocycles. The standard InChI is InChI=1S/C41H23N3OS/c1-2-11-25(12-3-1)39-42-40(27-20-21-29-26(22-27)19-18-24-10-4-5-13-28(24)29)44-41(43-39)33-23-32-30-14-6-8-16-34(30)45-37(32)36-31-15-7-9-17-35(31)46-38(33)36/h1-23H. The van der Waals surface area contributed by atoms with E-state index in [4.69, 9.17) is 19.4 Å². The summed E-state index contributed by atoms with van der Waals surface area (Å²) in [5.74, 6) is 1.93. The van der Waals surface area contributed by atoms with Crippen LogP contribution in [0.1, 0.15) is 0 Å². The van der Waals surface area contributed by atoms with Gasteiger partial charge in [0.05, 0.1) is 4.70 Å². The fourth-order valence-electron chi connectivity index (χ4n) is 6.72. The minimum Gasteiger partial charge on any atom is -0.455 e. The van der Waals surface area contributed by atoms with Gasteiger partial charge in [-0.25, -0.2) is 15.0 Å². The van der Waals surface area contributed by atoms with Gasteiger partial charge in [0, 0.05) is 42.9 Å². The third-order valence-electron chi connectivity index (χ3n) is 8.90. The van der Waals surface area contributed by atoms with Gasteiger partial charge in [0.25, 0.3) is 0 Å². The van der Waals surface area contributed by atoms with Crippen LogP contribution in [0.15, 0.2) is 144 Å². The van der Waals surface area contributed by atoms with E-state index in [1.807, 2.05) is 30.3 Å². The summed E-state index contributed by atoms with van der Waals surface area (Å²) < 4.78 is 8.84. The number of benzene rings is 7. The Morgan fingerprint density at radius 1 is 0.457 bits per heavy atom. The molecule has 7 aromatic carbocycles. The van der Waals surface area contributed by atoms with Gasteiger partial charge >= 0.3 is 0 Å². The van der Waals surface area contributed by atoms with Gasteiger partial charge in [0.2, 0.25) is 0 Å². The summed E-state index contributed by atoms with van der Waals surface area (Å²) >= 11 is 1.75. The van der Waals surface area contributed by atoms with E-state index in [9.17, 15) is 0 Å². The molecule has 3 heterocycles. The highest BCUT2D eigenvalue weighted by Crippen LogP contribution is 2.46. The molecule has 0 saturated carbocycles. The molecule has 0 aliphatic rings. The summed E-state index contributed by atoms with van der Waals surface area (Å²) in [7, 11) is 0. The van der Waals surface area contributed by atoms with Crippen molar-refractivity contribution in [1.82, 2.24) is 15.0 Å². The van der Waals surface area contributed by atoms with Crippen LogP contribution in [-0.2, 0) is 0 Å². The maximum Gasteiger partial charge on any atom is 0.165 e. The molecule has 214 valence electrons. The number of para-hydroxylation sites is 1. The number of hydrogen-bond donors (Lipinski definition) is 0. The smallest absolute Gasteiger partial charge is 0.165 e. The maximum atomic E-state index is 6.53. The molecule has 0 N–H and O–H groups in total. The molecule has 10 aromatic rings. The van der Waals surface area contributed by atoms with Gasteiger partial charge in [-0.05, 0) is 45.8 Å². The second kappa shape index (κ2) is 9.80. The number of aromatic nitrogens is 3. The molecule has 4 nitrogen and oxygen atoms in total. The summed E-state index contributed by atoms with van der Waals surface area (Å²) in [6, 6.07) is 48.5. The van der Waals surface area contributed by atoms with Crippen molar-refractivity contribution in [2.24, 2.45) is 0 Å². The first-order valence-electron chi connectivity index (χ1n) is 15.3. The predicted molar refractivity (Wildman–Crippen MR) is 191 cm³/mol. The van der Waals surface area contributed by atoms with Gasteiger partial charge < -0.3 is 4.42 Å².